The molecule has 0 saturated carbocycles. The van der Waals surface area contributed by atoms with Crippen molar-refractivity contribution < 1.29 is 9.72 Å². The van der Waals surface area contributed by atoms with Gasteiger partial charge in [-0.25, -0.2) is 4.79 Å². The zero-order valence-electron chi connectivity index (χ0n) is 10.1. The smallest absolute Gasteiger partial charge is 0.322 e. The fourth-order valence-corrected chi connectivity index (χ4v) is 1.97. The van der Waals surface area contributed by atoms with Crippen LogP contribution in [0.4, 0.5) is 16.2 Å². The van der Waals surface area contributed by atoms with Gasteiger partial charge in [0.2, 0.25) is 0 Å². The largest absolute Gasteiger partial charge is 0.325 e. The van der Waals surface area contributed by atoms with Crippen LogP contribution in [0.1, 0.15) is 18.4 Å². The maximum Gasteiger partial charge on any atom is 0.322 e. The number of hydrogen-bond donors (Lipinski definition) is 1. The van der Waals surface area contributed by atoms with Crippen molar-refractivity contribution in [1.82, 2.24) is 4.90 Å². The summed E-state index contributed by atoms with van der Waals surface area (Å²) in [5.41, 5.74) is 0.0263. The Morgan fingerprint density at radius 2 is 2.11 bits per heavy atom. The third kappa shape index (κ3) is 2.80. The lowest BCUT2D eigenvalue weighted by molar-refractivity contribution is -0.383. The molecule has 1 aromatic carbocycles. The van der Waals surface area contributed by atoms with Crippen molar-refractivity contribution in [3.8, 4) is 6.07 Å². The summed E-state index contributed by atoms with van der Waals surface area (Å²) in [6.45, 7) is 1.33. The van der Waals surface area contributed by atoms with Crippen LogP contribution in [0.3, 0.4) is 0 Å². The Morgan fingerprint density at radius 1 is 1.42 bits per heavy atom. The number of nitro benzene ring substituents is 1. The summed E-state index contributed by atoms with van der Waals surface area (Å²) in [6.07, 6.45) is 1.89. The molecule has 0 spiro atoms. The van der Waals surface area contributed by atoms with Crippen molar-refractivity contribution in [1.29, 1.82) is 5.26 Å². The van der Waals surface area contributed by atoms with E-state index in [1.165, 1.54) is 12.1 Å². The van der Waals surface area contributed by atoms with Crippen LogP contribution in [0.25, 0.3) is 0 Å². The molecule has 1 aliphatic rings. The van der Waals surface area contributed by atoms with Gasteiger partial charge in [-0.1, -0.05) is 0 Å². The fourth-order valence-electron chi connectivity index (χ4n) is 1.97. The van der Waals surface area contributed by atoms with Gasteiger partial charge < -0.3 is 10.2 Å². The van der Waals surface area contributed by atoms with E-state index in [1.807, 2.05) is 6.07 Å². The predicted molar refractivity (Wildman–Crippen MR) is 67.6 cm³/mol. The summed E-state index contributed by atoms with van der Waals surface area (Å²) in [5, 5.41) is 22.2. The van der Waals surface area contributed by atoms with Gasteiger partial charge in [0.1, 0.15) is 5.69 Å². The van der Waals surface area contributed by atoms with Crippen molar-refractivity contribution >= 4 is 17.4 Å². The van der Waals surface area contributed by atoms with Crippen LogP contribution < -0.4 is 5.32 Å². The van der Waals surface area contributed by atoms with E-state index in [0.717, 1.165) is 18.9 Å². The standard InChI is InChI=1S/C12H12N4O3/c13-8-9-3-4-10(11(7-9)16(18)19)14-12(17)15-5-1-2-6-15/h3-4,7H,1-2,5-6H2,(H,14,17). The predicted octanol–water partition coefficient (Wildman–Crippen LogP) is 2.09. The summed E-state index contributed by atoms with van der Waals surface area (Å²) >= 11 is 0. The van der Waals surface area contributed by atoms with Crippen molar-refractivity contribution in [3.63, 3.8) is 0 Å². The molecular weight excluding hydrogens is 248 g/mol. The maximum absolute atomic E-state index is 11.9. The van der Waals surface area contributed by atoms with Crippen molar-refractivity contribution in [3.05, 3.63) is 33.9 Å². The van der Waals surface area contributed by atoms with Crippen LogP contribution in [-0.2, 0) is 0 Å². The number of hydrogen-bond acceptors (Lipinski definition) is 4. The molecule has 0 bridgehead atoms. The highest BCUT2D eigenvalue weighted by atomic mass is 16.6. The lowest BCUT2D eigenvalue weighted by atomic mass is 10.2. The number of amides is 2. The van der Waals surface area contributed by atoms with E-state index in [2.05, 4.69) is 5.32 Å². The SMILES string of the molecule is N#Cc1ccc(NC(=O)N2CCCC2)c([N+](=O)[O-])c1. The normalized spacial score (nSPS) is 13.9. The molecule has 0 unspecified atom stereocenters. The minimum absolute atomic E-state index is 0.112. The average molecular weight is 260 g/mol. The first-order valence-corrected chi connectivity index (χ1v) is 5.86. The number of benzene rings is 1. The monoisotopic (exact) mass is 260 g/mol. The minimum atomic E-state index is -0.611. The number of nitriles is 1. The number of urea groups is 1. The highest BCUT2D eigenvalue weighted by Crippen LogP contribution is 2.26. The van der Waals surface area contributed by atoms with Crippen LogP contribution in [0.15, 0.2) is 18.2 Å². The van der Waals surface area contributed by atoms with E-state index >= 15 is 0 Å². The molecule has 0 radical (unpaired) electrons. The van der Waals surface area contributed by atoms with Crippen LogP contribution in [0.5, 0.6) is 0 Å². The topological polar surface area (TPSA) is 99.3 Å². The molecule has 2 amide bonds. The lowest BCUT2D eigenvalue weighted by Gasteiger charge is -2.16. The molecule has 1 N–H and O–H groups in total. The average Bonchev–Trinajstić information content (AvgIpc) is 2.92. The van der Waals surface area contributed by atoms with Gasteiger partial charge in [-0.15, -0.1) is 0 Å². The van der Waals surface area contributed by atoms with Crippen molar-refractivity contribution in [2.24, 2.45) is 0 Å². The van der Waals surface area contributed by atoms with Gasteiger partial charge in [-0.2, -0.15) is 5.26 Å². The number of nitrogens with one attached hydrogen (secondary N) is 1. The van der Waals surface area contributed by atoms with Gasteiger partial charge in [0.25, 0.3) is 5.69 Å². The summed E-state index contributed by atoms with van der Waals surface area (Å²) < 4.78 is 0. The van der Waals surface area contributed by atoms with E-state index in [1.54, 1.807) is 4.90 Å². The molecule has 1 aromatic rings. The second-order valence-corrected chi connectivity index (χ2v) is 4.23. The zero-order chi connectivity index (χ0) is 13.8. The third-order valence-electron chi connectivity index (χ3n) is 2.96. The van der Waals surface area contributed by atoms with Gasteiger partial charge in [-0.3, -0.25) is 10.1 Å². The molecule has 1 fully saturated rings. The molecule has 0 aliphatic carbocycles. The first-order chi connectivity index (χ1) is 9.11. The second kappa shape index (κ2) is 5.35. The first-order valence-electron chi connectivity index (χ1n) is 5.86. The summed E-state index contributed by atoms with van der Waals surface area (Å²) in [5.74, 6) is 0. The number of likely N-dealkylation sites (tertiary alicyclic amines) is 1. The number of carbonyl (C=O) groups excluding carboxylic acids is 1. The Morgan fingerprint density at radius 3 is 2.68 bits per heavy atom. The van der Waals surface area contributed by atoms with Crippen molar-refractivity contribution in [2.45, 2.75) is 12.8 Å². The Hall–Kier alpha value is -2.62. The maximum atomic E-state index is 11.9. The molecule has 98 valence electrons. The van der Waals surface area contributed by atoms with Crippen LogP contribution in [0, 0.1) is 21.4 Å². The quantitative estimate of drug-likeness (QED) is 0.650. The van der Waals surface area contributed by atoms with Crippen LogP contribution in [0.2, 0.25) is 0 Å². The van der Waals surface area contributed by atoms with E-state index in [0.29, 0.717) is 13.1 Å². The second-order valence-electron chi connectivity index (χ2n) is 4.23. The summed E-state index contributed by atoms with van der Waals surface area (Å²) in [7, 11) is 0. The molecule has 2 rings (SSSR count). The zero-order valence-corrected chi connectivity index (χ0v) is 10.1. The number of nitrogens with zero attached hydrogens (tertiary/aromatic N) is 3. The lowest BCUT2D eigenvalue weighted by Crippen LogP contribution is -2.32. The molecule has 7 heteroatoms. The van der Waals surface area contributed by atoms with Gasteiger partial charge in [0, 0.05) is 19.2 Å². The fraction of sp³-hybridized carbons (Fsp3) is 0.333. The van der Waals surface area contributed by atoms with Gasteiger partial charge in [0.15, 0.2) is 0 Å². The van der Waals surface area contributed by atoms with Crippen molar-refractivity contribution in [2.75, 3.05) is 18.4 Å². The van der Waals surface area contributed by atoms with E-state index in [9.17, 15) is 14.9 Å². The highest BCUT2D eigenvalue weighted by molar-refractivity contribution is 5.92. The Bertz CT molecular complexity index is 559. The number of anilines is 1. The van der Waals surface area contributed by atoms with E-state index in [-0.39, 0.29) is 23.0 Å². The van der Waals surface area contributed by atoms with Crippen LogP contribution >= 0.6 is 0 Å². The Kier molecular flexibility index (Phi) is 3.61. The van der Waals surface area contributed by atoms with Gasteiger partial charge in [-0.05, 0) is 25.0 Å². The molecule has 1 aliphatic heterocycles. The molecule has 7 nitrogen and oxygen atoms in total. The molecular formula is C12H12N4O3. The number of nitro groups is 1. The van der Waals surface area contributed by atoms with Gasteiger partial charge in [0.05, 0.1) is 16.6 Å². The van der Waals surface area contributed by atoms with E-state index < -0.39 is 4.92 Å². The first kappa shape index (κ1) is 12.8. The summed E-state index contributed by atoms with van der Waals surface area (Å²) in [6, 6.07) is 5.46. The number of rotatable bonds is 2. The van der Waals surface area contributed by atoms with Gasteiger partial charge >= 0.3 is 6.03 Å². The van der Waals surface area contributed by atoms with Crippen LogP contribution in [-0.4, -0.2) is 28.9 Å². The molecule has 19 heavy (non-hydrogen) atoms. The minimum Gasteiger partial charge on any atom is -0.325 e. The Labute approximate surface area is 109 Å². The highest BCUT2D eigenvalue weighted by Gasteiger charge is 2.21. The molecule has 0 aromatic heterocycles. The van der Waals surface area contributed by atoms with E-state index in [4.69, 9.17) is 5.26 Å². The molecule has 1 saturated heterocycles. The number of carbonyl (C=O) groups is 1. The third-order valence-corrected chi connectivity index (χ3v) is 2.96. The molecule has 1 heterocycles. The summed E-state index contributed by atoms with van der Waals surface area (Å²) in [4.78, 5) is 23.8. The Balaban J connectivity index is 2.22. The molecule has 0 atom stereocenters.